The van der Waals surface area contributed by atoms with Crippen LogP contribution in [0.2, 0.25) is 0 Å². The maximum atomic E-state index is 13.2. The van der Waals surface area contributed by atoms with Crippen molar-refractivity contribution in [3.8, 4) is 0 Å². The monoisotopic (exact) mass is 452 g/mol. The highest BCUT2D eigenvalue weighted by atomic mass is 19.3. The van der Waals surface area contributed by atoms with Gasteiger partial charge in [-0.25, -0.2) is 8.78 Å². The fraction of sp³-hybridized carbons (Fsp3) is 0.542. The second-order valence-corrected chi connectivity index (χ2v) is 8.11. The molecule has 1 aliphatic rings. The number of nitrogens with one attached hydrogen (secondary N) is 1. The van der Waals surface area contributed by atoms with E-state index < -0.39 is 11.3 Å². The molecule has 0 saturated carbocycles. The normalized spacial score (nSPS) is 24.6. The van der Waals surface area contributed by atoms with Crippen LogP contribution in [-0.4, -0.2) is 49.1 Å². The molecule has 0 saturated heterocycles. The van der Waals surface area contributed by atoms with E-state index in [0.29, 0.717) is 50.1 Å². The lowest BCUT2D eigenvalue weighted by Gasteiger charge is -2.35. The van der Waals surface area contributed by atoms with Crippen molar-refractivity contribution in [2.75, 3.05) is 26.9 Å². The molecule has 0 aromatic carbocycles. The van der Waals surface area contributed by atoms with Crippen molar-refractivity contribution in [1.29, 1.82) is 5.41 Å². The van der Waals surface area contributed by atoms with Gasteiger partial charge in [-0.1, -0.05) is 24.3 Å². The summed E-state index contributed by atoms with van der Waals surface area (Å²) in [5, 5.41) is 17.0. The summed E-state index contributed by atoms with van der Waals surface area (Å²) in [4.78, 5) is 1.84. The van der Waals surface area contributed by atoms with Crippen LogP contribution in [0.25, 0.3) is 0 Å². The van der Waals surface area contributed by atoms with Crippen molar-refractivity contribution in [1.82, 2.24) is 4.90 Å². The standard InChI is InChI=1S/C24H38F2N4O2/c1-23(25,26)11-5-8-20(17-27)16-24(22(29)18-30(19-28)14-7-15-31)12-4-3-9-21(32-2)10-6-13-24/h3,5-6,9-11,13,17-18,20,27,31H,4,7-8,12,14-16,19,28-29H2,1-2H3/b9-3+,11-5+,13-6+,21-10+,22-18-,27-17?. The van der Waals surface area contributed by atoms with Crippen LogP contribution in [0.3, 0.4) is 0 Å². The van der Waals surface area contributed by atoms with Gasteiger partial charge in [-0.2, -0.15) is 0 Å². The third-order valence-electron chi connectivity index (χ3n) is 5.40. The predicted molar refractivity (Wildman–Crippen MR) is 126 cm³/mol. The van der Waals surface area contributed by atoms with E-state index in [1.807, 2.05) is 35.3 Å². The van der Waals surface area contributed by atoms with Gasteiger partial charge in [0.2, 0.25) is 0 Å². The van der Waals surface area contributed by atoms with Gasteiger partial charge in [0.25, 0.3) is 5.92 Å². The van der Waals surface area contributed by atoms with E-state index in [1.54, 1.807) is 13.3 Å². The molecular weight excluding hydrogens is 414 g/mol. The molecule has 0 fully saturated rings. The number of ether oxygens (including phenoxy) is 1. The van der Waals surface area contributed by atoms with Crippen molar-refractivity contribution in [2.24, 2.45) is 22.8 Å². The molecule has 6 N–H and O–H groups in total. The average Bonchev–Trinajstić information content (AvgIpc) is 2.85. The third-order valence-corrected chi connectivity index (χ3v) is 5.40. The van der Waals surface area contributed by atoms with Crippen molar-refractivity contribution < 1.29 is 18.6 Å². The lowest BCUT2D eigenvalue weighted by atomic mass is 9.72. The van der Waals surface area contributed by atoms with Crippen LogP contribution in [0.1, 0.15) is 39.0 Å². The Balaban J connectivity index is 3.31. The zero-order valence-corrected chi connectivity index (χ0v) is 19.1. The van der Waals surface area contributed by atoms with Gasteiger partial charge in [-0.05, 0) is 62.5 Å². The van der Waals surface area contributed by atoms with Crippen LogP contribution in [0.15, 0.2) is 60.2 Å². The maximum absolute atomic E-state index is 13.2. The van der Waals surface area contributed by atoms with E-state index >= 15 is 0 Å². The first-order chi connectivity index (χ1) is 15.2. The van der Waals surface area contributed by atoms with Crippen LogP contribution in [0.5, 0.6) is 0 Å². The van der Waals surface area contributed by atoms with E-state index in [4.69, 9.17) is 26.7 Å². The highest BCUT2D eigenvalue weighted by molar-refractivity contribution is 5.57. The largest absolute Gasteiger partial charge is 0.497 e. The fourth-order valence-electron chi connectivity index (χ4n) is 3.61. The number of nitrogens with zero attached hydrogens (tertiary/aromatic N) is 1. The summed E-state index contributed by atoms with van der Waals surface area (Å²) in [6.45, 7) is 1.70. The second kappa shape index (κ2) is 13.9. The zero-order valence-electron chi connectivity index (χ0n) is 19.1. The highest BCUT2D eigenvalue weighted by Gasteiger charge is 2.33. The molecule has 0 heterocycles. The van der Waals surface area contributed by atoms with E-state index in [9.17, 15) is 8.78 Å². The SMILES string of the molecule is COC1=C/C=C/C(CC(C=N)C/C=C/C(C)(F)F)(/C(N)=C/N(CN)CCCO)CC\C=C\1. The number of aliphatic hydroxyl groups is 1. The van der Waals surface area contributed by atoms with Gasteiger partial charge in [-0.3, -0.25) is 0 Å². The quantitative estimate of drug-likeness (QED) is 0.191. The van der Waals surface area contributed by atoms with Gasteiger partial charge in [0.15, 0.2) is 0 Å². The summed E-state index contributed by atoms with van der Waals surface area (Å²) >= 11 is 0. The summed E-state index contributed by atoms with van der Waals surface area (Å²) in [6, 6.07) is 0. The number of methoxy groups -OCH3 is 1. The van der Waals surface area contributed by atoms with E-state index in [0.717, 1.165) is 13.0 Å². The van der Waals surface area contributed by atoms with Crippen LogP contribution in [-0.2, 0) is 4.74 Å². The number of nitrogens with two attached hydrogens (primary N) is 2. The first-order valence-corrected chi connectivity index (χ1v) is 10.9. The van der Waals surface area contributed by atoms with Crippen LogP contribution < -0.4 is 11.5 Å². The lowest BCUT2D eigenvalue weighted by Crippen LogP contribution is -2.34. The Morgan fingerprint density at radius 1 is 1.47 bits per heavy atom. The van der Waals surface area contributed by atoms with Crippen molar-refractivity contribution in [3.63, 3.8) is 0 Å². The van der Waals surface area contributed by atoms with Gasteiger partial charge in [0, 0.05) is 37.4 Å². The van der Waals surface area contributed by atoms with Gasteiger partial charge in [0.1, 0.15) is 5.76 Å². The number of allylic oxidation sites excluding steroid dienone is 7. The molecule has 1 rings (SSSR count). The summed E-state index contributed by atoms with van der Waals surface area (Å²) in [5.74, 6) is -2.45. The van der Waals surface area contributed by atoms with Crippen LogP contribution in [0.4, 0.5) is 8.78 Å². The fourth-order valence-corrected chi connectivity index (χ4v) is 3.61. The Morgan fingerprint density at radius 3 is 2.81 bits per heavy atom. The van der Waals surface area contributed by atoms with E-state index in [-0.39, 0.29) is 19.2 Å². The molecule has 0 aromatic heterocycles. The number of hydrogen-bond donors (Lipinski definition) is 4. The highest BCUT2D eigenvalue weighted by Crippen LogP contribution is 2.40. The van der Waals surface area contributed by atoms with Crippen molar-refractivity contribution >= 4 is 6.21 Å². The molecule has 0 spiro atoms. The molecule has 32 heavy (non-hydrogen) atoms. The number of hydrogen-bond acceptors (Lipinski definition) is 6. The minimum Gasteiger partial charge on any atom is -0.497 e. The van der Waals surface area contributed by atoms with Crippen molar-refractivity contribution in [2.45, 2.75) is 45.0 Å². The Morgan fingerprint density at radius 2 is 2.22 bits per heavy atom. The van der Waals surface area contributed by atoms with Crippen molar-refractivity contribution in [3.05, 3.63) is 60.2 Å². The molecule has 8 heteroatoms. The number of rotatable bonds is 13. The third kappa shape index (κ3) is 9.78. The summed E-state index contributed by atoms with van der Waals surface area (Å²) in [7, 11) is 1.60. The first-order valence-electron chi connectivity index (χ1n) is 10.9. The number of halogens is 2. The van der Waals surface area contributed by atoms with Gasteiger partial charge in [0.05, 0.1) is 13.8 Å². The van der Waals surface area contributed by atoms with E-state index in [1.165, 1.54) is 12.3 Å². The molecule has 180 valence electrons. The molecular formula is C24H38F2N4O2. The molecule has 2 unspecified atom stereocenters. The Hall–Kier alpha value is -2.45. The zero-order chi connectivity index (χ0) is 24.0. The molecule has 0 radical (unpaired) electrons. The number of alkyl halides is 2. The van der Waals surface area contributed by atoms with Gasteiger partial charge >= 0.3 is 0 Å². The Labute approximate surface area is 190 Å². The molecule has 2 atom stereocenters. The molecule has 1 aliphatic carbocycles. The molecule has 0 bridgehead atoms. The predicted octanol–water partition coefficient (Wildman–Crippen LogP) is 4.07. The minimum atomic E-state index is -2.89. The average molecular weight is 453 g/mol. The van der Waals surface area contributed by atoms with Gasteiger partial charge in [-0.15, -0.1) is 0 Å². The maximum Gasteiger partial charge on any atom is 0.263 e. The topological polar surface area (TPSA) is 109 Å². The summed E-state index contributed by atoms with van der Waals surface area (Å²) in [5.41, 5.74) is 12.5. The Bertz CT molecular complexity index is 726. The van der Waals surface area contributed by atoms with Crippen LogP contribution in [0, 0.1) is 16.7 Å². The summed E-state index contributed by atoms with van der Waals surface area (Å²) < 4.78 is 31.7. The second-order valence-electron chi connectivity index (χ2n) is 8.11. The molecule has 0 aromatic rings. The minimum absolute atomic E-state index is 0.0505. The lowest BCUT2D eigenvalue weighted by molar-refractivity contribution is 0.0770. The van der Waals surface area contributed by atoms with Gasteiger partial charge < -0.3 is 31.6 Å². The Kier molecular flexibility index (Phi) is 11.9. The molecule has 0 aliphatic heterocycles. The smallest absolute Gasteiger partial charge is 0.263 e. The molecule has 6 nitrogen and oxygen atoms in total. The summed E-state index contributed by atoms with van der Waals surface area (Å²) in [6.07, 6.45) is 17.8. The first kappa shape index (κ1) is 27.6. The molecule has 0 amide bonds. The number of aliphatic hydroxyl groups excluding tert-OH is 1. The van der Waals surface area contributed by atoms with Crippen LogP contribution >= 0.6 is 0 Å². The van der Waals surface area contributed by atoms with E-state index in [2.05, 4.69) is 0 Å².